The number of hydrogen-bond acceptors (Lipinski definition) is 2. The van der Waals surface area contributed by atoms with Crippen molar-refractivity contribution in [2.24, 2.45) is 0 Å². The first-order chi connectivity index (χ1) is 10.8. The van der Waals surface area contributed by atoms with Crippen molar-refractivity contribution >= 4 is 11.9 Å². The van der Waals surface area contributed by atoms with Gasteiger partial charge in [0.1, 0.15) is 0 Å². The number of nitrogens with one attached hydrogen (secondary N) is 2. The summed E-state index contributed by atoms with van der Waals surface area (Å²) in [6.07, 6.45) is 2.01. The van der Waals surface area contributed by atoms with Crippen LogP contribution in [0.15, 0.2) is 18.2 Å². The lowest BCUT2D eigenvalue weighted by molar-refractivity contribution is -0.132. The fraction of sp³-hybridized carbons (Fsp3) is 0.556. The highest BCUT2D eigenvalue weighted by atomic mass is 16.2. The molecule has 0 aliphatic carbocycles. The van der Waals surface area contributed by atoms with Gasteiger partial charge in [0, 0.05) is 32.1 Å². The predicted octanol–water partition coefficient (Wildman–Crippen LogP) is 2.15. The van der Waals surface area contributed by atoms with Gasteiger partial charge in [-0.1, -0.05) is 29.3 Å². The maximum atomic E-state index is 12.1. The summed E-state index contributed by atoms with van der Waals surface area (Å²) in [6, 6.07) is 6.39. The zero-order valence-electron chi connectivity index (χ0n) is 14.5. The Balaban J connectivity index is 1.81. The average molecular weight is 317 g/mol. The SMILES string of the molecule is Cc1cc(C)cc(C[C@@H](C)NC(=O)N[C@H]2CCC(=O)N(C)C2)c1. The van der Waals surface area contributed by atoms with E-state index in [0.717, 1.165) is 6.42 Å². The van der Waals surface area contributed by atoms with E-state index in [1.165, 1.54) is 16.7 Å². The lowest BCUT2D eigenvalue weighted by Gasteiger charge is -2.30. The van der Waals surface area contributed by atoms with Gasteiger partial charge in [0.2, 0.25) is 5.91 Å². The number of hydrogen-bond donors (Lipinski definition) is 2. The van der Waals surface area contributed by atoms with Gasteiger partial charge in [-0.25, -0.2) is 4.79 Å². The van der Waals surface area contributed by atoms with E-state index in [1.807, 2.05) is 6.92 Å². The molecule has 1 aliphatic heterocycles. The van der Waals surface area contributed by atoms with Gasteiger partial charge in [-0.05, 0) is 39.2 Å². The molecule has 0 spiro atoms. The summed E-state index contributed by atoms with van der Waals surface area (Å²) in [7, 11) is 1.77. The Labute approximate surface area is 138 Å². The quantitative estimate of drug-likeness (QED) is 0.894. The van der Waals surface area contributed by atoms with Crippen LogP contribution in [-0.4, -0.2) is 42.5 Å². The van der Waals surface area contributed by atoms with Crippen LogP contribution in [0.4, 0.5) is 4.79 Å². The standard InChI is InChI=1S/C18H27N3O2/c1-12-7-13(2)9-15(8-12)10-14(3)19-18(23)20-16-5-6-17(22)21(4)11-16/h7-9,14,16H,5-6,10-11H2,1-4H3,(H2,19,20,23)/t14-,16+/m1/s1. The van der Waals surface area contributed by atoms with Gasteiger partial charge in [0.05, 0.1) is 0 Å². The van der Waals surface area contributed by atoms with Crippen molar-refractivity contribution in [3.63, 3.8) is 0 Å². The maximum absolute atomic E-state index is 12.1. The predicted molar refractivity (Wildman–Crippen MR) is 91.4 cm³/mol. The van der Waals surface area contributed by atoms with Crippen molar-refractivity contribution in [2.45, 2.75) is 52.1 Å². The minimum atomic E-state index is -0.158. The second-order valence-electron chi connectivity index (χ2n) is 6.73. The van der Waals surface area contributed by atoms with Gasteiger partial charge >= 0.3 is 6.03 Å². The fourth-order valence-corrected chi connectivity index (χ4v) is 3.17. The maximum Gasteiger partial charge on any atom is 0.315 e. The van der Waals surface area contributed by atoms with E-state index in [9.17, 15) is 9.59 Å². The van der Waals surface area contributed by atoms with E-state index in [4.69, 9.17) is 0 Å². The van der Waals surface area contributed by atoms with Crippen LogP contribution in [0.2, 0.25) is 0 Å². The van der Waals surface area contributed by atoms with Crippen molar-refractivity contribution in [2.75, 3.05) is 13.6 Å². The summed E-state index contributed by atoms with van der Waals surface area (Å²) in [5.74, 6) is 0.145. The molecule has 1 aromatic rings. The molecular formula is C18H27N3O2. The topological polar surface area (TPSA) is 61.4 Å². The fourth-order valence-electron chi connectivity index (χ4n) is 3.17. The molecule has 2 atom stereocenters. The Kier molecular flexibility index (Phi) is 5.64. The molecule has 1 aliphatic rings. The van der Waals surface area contributed by atoms with Crippen LogP contribution in [0.3, 0.4) is 0 Å². The number of aryl methyl sites for hydroxylation is 2. The summed E-state index contributed by atoms with van der Waals surface area (Å²) in [6.45, 7) is 6.76. The van der Waals surface area contributed by atoms with Gasteiger partial charge in [-0.2, -0.15) is 0 Å². The second-order valence-corrected chi connectivity index (χ2v) is 6.73. The molecular weight excluding hydrogens is 290 g/mol. The van der Waals surface area contributed by atoms with Crippen LogP contribution in [0, 0.1) is 13.8 Å². The van der Waals surface area contributed by atoms with Crippen molar-refractivity contribution in [3.8, 4) is 0 Å². The van der Waals surface area contributed by atoms with E-state index >= 15 is 0 Å². The number of urea groups is 1. The molecule has 2 N–H and O–H groups in total. The van der Waals surface area contributed by atoms with Crippen LogP contribution >= 0.6 is 0 Å². The molecule has 1 heterocycles. The van der Waals surface area contributed by atoms with E-state index in [-0.39, 0.29) is 24.0 Å². The number of likely N-dealkylation sites (N-methyl/N-ethyl adjacent to an activating group) is 1. The van der Waals surface area contributed by atoms with Crippen molar-refractivity contribution in [3.05, 3.63) is 34.9 Å². The number of likely N-dealkylation sites (tertiary alicyclic amines) is 1. The van der Waals surface area contributed by atoms with Crippen LogP contribution in [0.25, 0.3) is 0 Å². The van der Waals surface area contributed by atoms with E-state index in [0.29, 0.717) is 19.4 Å². The second kappa shape index (κ2) is 7.49. The van der Waals surface area contributed by atoms with Gasteiger partial charge in [-0.3, -0.25) is 4.79 Å². The molecule has 23 heavy (non-hydrogen) atoms. The van der Waals surface area contributed by atoms with E-state index in [2.05, 4.69) is 42.7 Å². The first-order valence-corrected chi connectivity index (χ1v) is 8.21. The summed E-state index contributed by atoms with van der Waals surface area (Å²) < 4.78 is 0. The van der Waals surface area contributed by atoms with Gasteiger partial charge in [-0.15, -0.1) is 0 Å². The highest BCUT2D eigenvalue weighted by Crippen LogP contribution is 2.11. The van der Waals surface area contributed by atoms with Crippen molar-refractivity contribution in [1.29, 1.82) is 0 Å². The van der Waals surface area contributed by atoms with E-state index in [1.54, 1.807) is 11.9 Å². The molecule has 0 unspecified atom stereocenters. The lowest BCUT2D eigenvalue weighted by Crippen LogP contribution is -2.52. The van der Waals surface area contributed by atoms with Gasteiger partial charge in [0.25, 0.3) is 0 Å². The van der Waals surface area contributed by atoms with Crippen LogP contribution in [-0.2, 0) is 11.2 Å². The van der Waals surface area contributed by atoms with E-state index < -0.39 is 0 Å². The minimum Gasteiger partial charge on any atom is -0.344 e. The molecule has 0 radical (unpaired) electrons. The lowest BCUT2D eigenvalue weighted by atomic mass is 10.0. The first kappa shape index (κ1) is 17.3. The molecule has 126 valence electrons. The Hall–Kier alpha value is -2.04. The number of carbonyl (C=O) groups excluding carboxylic acids is 2. The summed E-state index contributed by atoms with van der Waals surface area (Å²) >= 11 is 0. The molecule has 5 heteroatoms. The smallest absolute Gasteiger partial charge is 0.315 e. The Morgan fingerprint density at radius 2 is 1.96 bits per heavy atom. The van der Waals surface area contributed by atoms with Gasteiger partial charge in [0.15, 0.2) is 0 Å². The molecule has 1 aromatic carbocycles. The minimum absolute atomic E-state index is 0.0334. The third kappa shape index (κ3) is 5.27. The zero-order valence-corrected chi connectivity index (χ0v) is 14.5. The number of piperidine rings is 1. The molecule has 2 rings (SSSR count). The molecule has 1 fully saturated rings. The van der Waals surface area contributed by atoms with Crippen molar-refractivity contribution in [1.82, 2.24) is 15.5 Å². The van der Waals surface area contributed by atoms with Crippen LogP contribution in [0.1, 0.15) is 36.5 Å². The van der Waals surface area contributed by atoms with Crippen LogP contribution < -0.4 is 10.6 Å². The number of amides is 3. The monoisotopic (exact) mass is 317 g/mol. The molecule has 1 saturated heterocycles. The third-order valence-electron chi connectivity index (χ3n) is 4.16. The molecule has 0 bridgehead atoms. The normalized spacial score (nSPS) is 19.4. The number of nitrogens with zero attached hydrogens (tertiary/aromatic N) is 1. The third-order valence-corrected chi connectivity index (χ3v) is 4.16. The molecule has 3 amide bonds. The molecule has 0 aromatic heterocycles. The average Bonchev–Trinajstić information content (AvgIpc) is 2.41. The van der Waals surface area contributed by atoms with Crippen LogP contribution in [0.5, 0.6) is 0 Å². The molecule has 0 saturated carbocycles. The largest absolute Gasteiger partial charge is 0.344 e. The number of rotatable bonds is 4. The number of carbonyl (C=O) groups is 2. The van der Waals surface area contributed by atoms with Crippen molar-refractivity contribution < 1.29 is 9.59 Å². The highest BCUT2D eigenvalue weighted by Gasteiger charge is 2.24. The van der Waals surface area contributed by atoms with Gasteiger partial charge < -0.3 is 15.5 Å². The zero-order chi connectivity index (χ0) is 17.0. The summed E-state index contributed by atoms with van der Waals surface area (Å²) in [4.78, 5) is 25.2. The Morgan fingerprint density at radius 1 is 1.30 bits per heavy atom. The number of benzene rings is 1. The highest BCUT2D eigenvalue weighted by molar-refractivity contribution is 5.78. The first-order valence-electron chi connectivity index (χ1n) is 8.21. The molecule has 5 nitrogen and oxygen atoms in total. The summed E-state index contributed by atoms with van der Waals surface area (Å²) in [5, 5.41) is 5.95. The summed E-state index contributed by atoms with van der Waals surface area (Å²) in [5.41, 5.74) is 3.72. The Bertz CT molecular complexity index is 565. The Morgan fingerprint density at radius 3 is 2.57 bits per heavy atom.